The zero-order valence-corrected chi connectivity index (χ0v) is 18.3. The van der Waals surface area contributed by atoms with E-state index in [1.807, 2.05) is 0 Å². The molecule has 0 heterocycles. The van der Waals surface area contributed by atoms with Crippen LogP contribution in [0.5, 0.6) is 5.75 Å². The number of carbonyl (C=O) groups excluding carboxylic acids is 1. The van der Waals surface area contributed by atoms with E-state index in [1.165, 1.54) is 25.4 Å². The first kappa shape index (κ1) is 24.3. The molecule has 176 valence electrons. The number of nitrogens with two attached hydrogens (primary N) is 2. The van der Waals surface area contributed by atoms with Gasteiger partial charge in [-0.05, 0) is 48.7 Å². The first-order valence-electron chi connectivity index (χ1n) is 9.75. The van der Waals surface area contributed by atoms with Gasteiger partial charge in [-0.3, -0.25) is 5.01 Å². The van der Waals surface area contributed by atoms with E-state index in [1.54, 1.807) is 24.3 Å². The Labute approximate surface area is 193 Å². The van der Waals surface area contributed by atoms with E-state index < -0.39 is 17.7 Å². The Hall–Kier alpha value is -3.37. The highest BCUT2D eigenvalue weighted by atomic mass is 35.5. The van der Waals surface area contributed by atoms with Crippen LogP contribution in [0.15, 0.2) is 65.6 Å². The Kier molecular flexibility index (Phi) is 7.39. The zero-order valence-electron chi connectivity index (χ0n) is 17.6. The lowest BCUT2D eigenvalue weighted by atomic mass is 10.2. The Bertz CT molecular complexity index is 1100. The van der Waals surface area contributed by atoms with Crippen LogP contribution in [0.3, 0.4) is 0 Å². The molecule has 0 radical (unpaired) electrons. The number of rotatable bonds is 8. The highest BCUT2D eigenvalue weighted by Gasteiger charge is 2.33. The minimum Gasteiger partial charge on any atom is -0.487 e. The highest BCUT2D eigenvalue weighted by molar-refractivity contribution is 6.31. The minimum atomic E-state index is -4.56. The van der Waals surface area contributed by atoms with Gasteiger partial charge >= 0.3 is 12.1 Å². The SMILES string of the molecule is COC(=O)/C(N)=C/N(N)c1cccc(OCC(Nc2ccc(Cl)c(C(F)(F)F)c2)=C2CC2)c1. The van der Waals surface area contributed by atoms with Gasteiger partial charge < -0.3 is 20.5 Å². The maximum atomic E-state index is 13.2. The fourth-order valence-electron chi connectivity index (χ4n) is 2.87. The molecule has 11 heteroatoms. The predicted octanol–water partition coefficient (Wildman–Crippen LogP) is 4.55. The summed E-state index contributed by atoms with van der Waals surface area (Å²) in [6, 6.07) is 10.3. The number of esters is 1. The third-order valence-electron chi connectivity index (χ3n) is 4.69. The van der Waals surface area contributed by atoms with Crippen molar-refractivity contribution in [3.8, 4) is 5.75 Å². The highest BCUT2D eigenvalue weighted by Crippen LogP contribution is 2.37. The second-order valence-electron chi connectivity index (χ2n) is 7.17. The van der Waals surface area contributed by atoms with Gasteiger partial charge in [-0.2, -0.15) is 13.2 Å². The van der Waals surface area contributed by atoms with E-state index >= 15 is 0 Å². The first-order valence-corrected chi connectivity index (χ1v) is 10.1. The number of allylic oxidation sites excluding steroid dienone is 1. The molecule has 1 fully saturated rings. The number of hydrazine groups is 1. The molecular formula is C22H22ClF3N4O3. The molecule has 2 aromatic carbocycles. The lowest BCUT2D eigenvalue weighted by Crippen LogP contribution is -2.28. The van der Waals surface area contributed by atoms with Crippen molar-refractivity contribution < 1.29 is 27.4 Å². The quantitative estimate of drug-likeness (QED) is 0.219. The van der Waals surface area contributed by atoms with Crippen LogP contribution in [0.4, 0.5) is 24.5 Å². The molecule has 1 saturated carbocycles. The molecule has 0 spiro atoms. The van der Waals surface area contributed by atoms with Crippen molar-refractivity contribution in [3.05, 3.63) is 76.2 Å². The van der Waals surface area contributed by atoms with Crippen molar-refractivity contribution in [1.82, 2.24) is 0 Å². The Morgan fingerprint density at radius 2 is 1.97 bits per heavy atom. The summed E-state index contributed by atoms with van der Waals surface area (Å²) in [5.74, 6) is 5.66. The largest absolute Gasteiger partial charge is 0.487 e. The van der Waals surface area contributed by atoms with Gasteiger partial charge in [0.05, 0.1) is 35.3 Å². The van der Waals surface area contributed by atoms with Crippen molar-refractivity contribution in [3.63, 3.8) is 0 Å². The number of nitrogens with zero attached hydrogens (tertiary/aromatic N) is 1. The van der Waals surface area contributed by atoms with Crippen LogP contribution in [0.1, 0.15) is 18.4 Å². The number of benzene rings is 2. The van der Waals surface area contributed by atoms with Crippen molar-refractivity contribution in [1.29, 1.82) is 0 Å². The Morgan fingerprint density at radius 1 is 1.24 bits per heavy atom. The molecule has 1 aliphatic carbocycles. The molecule has 7 nitrogen and oxygen atoms in total. The van der Waals surface area contributed by atoms with Crippen molar-refractivity contribution in [2.45, 2.75) is 19.0 Å². The van der Waals surface area contributed by atoms with Crippen LogP contribution < -0.4 is 26.6 Å². The Balaban J connectivity index is 1.71. The average molecular weight is 483 g/mol. The number of ether oxygens (including phenoxy) is 2. The van der Waals surface area contributed by atoms with Gasteiger partial charge in [0.2, 0.25) is 0 Å². The van der Waals surface area contributed by atoms with E-state index in [4.69, 9.17) is 27.9 Å². The van der Waals surface area contributed by atoms with Gasteiger partial charge in [-0.15, -0.1) is 0 Å². The van der Waals surface area contributed by atoms with Crippen LogP contribution in [-0.2, 0) is 15.7 Å². The summed E-state index contributed by atoms with van der Waals surface area (Å²) in [5, 5.41) is 3.79. The van der Waals surface area contributed by atoms with Gasteiger partial charge in [0.15, 0.2) is 0 Å². The Morgan fingerprint density at radius 3 is 2.61 bits per heavy atom. The number of anilines is 2. The van der Waals surface area contributed by atoms with E-state index in [0.29, 0.717) is 17.1 Å². The molecule has 0 atom stereocenters. The summed E-state index contributed by atoms with van der Waals surface area (Å²) in [4.78, 5) is 11.4. The van der Waals surface area contributed by atoms with Crippen LogP contribution >= 0.6 is 11.6 Å². The fraction of sp³-hybridized carbons (Fsp3) is 0.227. The van der Waals surface area contributed by atoms with Crippen molar-refractivity contribution in [2.75, 3.05) is 24.0 Å². The van der Waals surface area contributed by atoms with Gasteiger partial charge in [0.25, 0.3) is 0 Å². The van der Waals surface area contributed by atoms with E-state index in [2.05, 4.69) is 10.1 Å². The molecule has 0 unspecified atom stereocenters. The smallest absolute Gasteiger partial charge is 0.417 e. The van der Waals surface area contributed by atoms with Crippen molar-refractivity contribution >= 4 is 28.9 Å². The summed E-state index contributed by atoms with van der Waals surface area (Å²) in [5.41, 5.74) is 6.99. The maximum absolute atomic E-state index is 13.2. The monoisotopic (exact) mass is 482 g/mol. The lowest BCUT2D eigenvalue weighted by Gasteiger charge is -2.17. The maximum Gasteiger partial charge on any atom is 0.417 e. The number of halogens is 4. The molecule has 0 saturated heterocycles. The van der Waals surface area contributed by atoms with Gasteiger partial charge in [-0.25, -0.2) is 10.6 Å². The number of hydrogen-bond donors (Lipinski definition) is 3. The first-order chi connectivity index (χ1) is 15.6. The van der Waals surface area contributed by atoms with E-state index in [9.17, 15) is 18.0 Å². The standard InChI is InChI=1S/C22H22ClF3N4O3/c1-32-21(31)19(27)11-30(28)15-3-2-4-16(10-15)33-12-20(13-5-6-13)29-14-7-8-18(23)17(9-14)22(24,25)26/h2-4,7-11,29H,5-6,12,27-28H2,1H3/b19-11-. The van der Waals surface area contributed by atoms with Gasteiger partial charge in [0.1, 0.15) is 18.1 Å². The molecular weight excluding hydrogens is 461 g/mol. The lowest BCUT2D eigenvalue weighted by molar-refractivity contribution is -0.137. The molecule has 3 rings (SSSR count). The topological polar surface area (TPSA) is 103 Å². The molecule has 0 aromatic heterocycles. The summed E-state index contributed by atoms with van der Waals surface area (Å²) in [6.07, 6.45) is -1.68. The van der Waals surface area contributed by atoms with Crippen LogP contribution in [0.25, 0.3) is 0 Å². The number of carbonyl (C=O) groups is 1. The minimum absolute atomic E-state index is 0.105. The van der Waals surface area contributed by atoms with E-state index in [-0.39, 0.29) is 23.0 Å². The normalized spacial score (nSPS) is 13.4. The fourth-order valence-corrected chi connectivity index (χ4v) is 3.09. The molecule has 2 aromatic rings. The van der Waals surface area contributed by atoms with Crippen LogP contribution in [0, 0.1) is 0 Å². The van der Waals surface area contributed by atoms with Gasteiger partial charge in [0, 0.05) is 11.8 Å². The van der Waals surface area contributed by atoms with Crippen LogP contribution in [-0.4, -0.2) is 19.7 Å². The molecule has 0 amide bonds. The molecule has 33 heavy (non-hydrogen) atoms. The van der Waals surface area contributed by atoms with Crippen LogP contribution in [0.2, 0.25) is 5.02 Å². The molecule has 0 bridgehead atoms. The van der Waals surface area contributed by atoms with Gasteiger partial charge in [-0.1, -0.05) is 17.7 Å². The number of nitrogens with one attached hydrogen (secondary N) is 1. The molecule has 0 aliphatic heterocycles. The summed E-state index contributed by atoms with van der Waals surface area (Å²) < 4.78 is 49.8. The number of hydrogen-bond acceptors (Lipinski definition) is 7. The number of alkyl halides is 3. The third kappa shape index (κ3) is 6.56. The second kappa shape index (κ2) is 10.1. The third-order valence-corrected chi connectivity index (χ3v) is 5.02. The molecule has 5 N–H and O–H groups in total. The summed E-state index contributed by atoms with van der Waals surface area (Å²) in [6.45, 7) is 0.105. The second-order valence-corrected chi connectivity index (χ2v) is 7.58. The number of methoxy groups -OCH3 is 1. The predicted molar refractivity (Wildman–Crippen MR) is 119 cm³/mol. The van der Waals surface area contributed by atoms with E-state index in [0.717, 1.165) is 29.5 Å². The van der Waals surface area contributed by atoms with Crippen molar-refractivity contribution in [2.24, 2.45) is 11.6 Å². The zero-order chi connectivity index (χ0) is 24.2. The summed E-state index contributed by atoms with van der Waals surface area (Å²) >= 11 is 5.69. The average Bonchev–Trinajstić information content (AvgIpc) is 3.61. The molecule has 1 aliphatic rings. The summed E-state index contributed by atoms with van der Waals surface area (Å²) in [7, 11) is 1.20.